The highest BCUT2D eigenvalue weighted by Crippen LogP contribution is 2.24. The summed E-state index contributed by atoms with van der Waals surface area (Å²) >= 11 is 0. The highest BCUT2D eigenvalue weighted by Gasteiger charge is 2.07. The molecule has 0 amide bonds. The summed E-state index contributed by atoms with van der Waals surface area (Å²) in [4.78, 5) is 9.21. The van der Waals surface area contributed by atoms with Gasteiger partial charge in [0.2, 0.25) is 0 Å². The minimum absolute atomic E-state index is 0.694. The smallest absolute Gasteiger partial charge is 0.161 e. The van der Waals surface area contributed by atoms with Crippen LogP contribution in [0, 0.1) is 13.8 Å². The third-order valence-corrected chi connectivity index (χ3v) is 4.07. The maximum absolute atomic E-state index is 4.63. The first-order chi connectivity index (χ1) is 12.7. The Bertz CT molecular complexity index is 1020. The van der Waals surface area contributed by atoms with E-state index in [4.69, 9.17) is 0 Å². The van der Waals surface area contributed by atoms with Crippen LogP contribution in [0.15, 0.2) is 66.7 Å². The summed E-state index contributed by atoms with van der Waals surface area (Å²) in [6.45, 7) is 3.92. The Morgan fingerprint density at radius 2 is 1.42 bits per heavy atom. The number of hydrogen-bond donors (Lipinski definition) is 2. The van der Waals surface area contributed by atoms with E-state index < -0.39 is 0 Å². The molecule has 0 spiro atoms. The predicted molar refractivity (Wildman–Crippen MR) is 104 cm³/mol. The van der Waals surface area contributed by atoms with Crippen molar-refractivity contribution in [1.29, 1.82) is 0 Å². The fraction of sp³-hybridized carbons (Fsp3) is 0.0952. The Morgan fingerprint density at radius 1 is 0.731 bits per heavy atom. The zero-order valence-corrected chi connectivity index (χ0v) is 14.7. The van der Waals surface area contributed by atoms with E-state index >= 15 is 0 Å². The quantitative estimate of drug-likeness (QED) is 0.554. The maximum atomic E-state index is 4.63. The van der Waals surface area contributed by atoms with Crippen molar-refractivity contribution in [3.63, 3.8) is 0 Å². The van der Waals surface area contributed by atoms with E-state index in [1.165, 1.54) is 11.1 Å². The number of aromatic amines is 1. The molecule has 0 bridgehead atoms. The van der Waals surface area contributed by atoms with Crippen LogP contribution in [0.1, 0.15) is 11.4 Å². The Kier molecular flexibility index (Phi) is 4.19. The molecule has 0 aliphatic heterocycles. The molecule has 0 saturated carbocycles. The topological polar surface area (TPSA) is 66.5 Å². The van der Waals surface area contributed by atoms with E-state index in [9.17, 15) is 0 Å². The molecule has 2 heterocycles. The maximum Gasteiger partial charge on any atom is 0.161 e. The van der Waals surface area contributed by atoms with Crippen LogP contribution in [0.3, 0.4) is 0 Å². The SMILES string of the molecule is Cc1cc(Nc2cc(C)[nH]n2)nc(-c2ccc(-c3ccccc3)cc2)n1. The molecule has 26 heavy (non-hydrogen) atoms. The van der Waals surface area contributed by atoms with Gasteiger partial charge < -0.3 is 5.32 Å². The molecular weight excluding hydrogens is 322 g/mol. The zero-order valence-electron chi connectivity index (χ0n) is 14.7. The molecule has 0 atom stereocenters. The molecule has 0 radical (unpaired) electrons. The van der Waals surface area contributed by atoms with Gasteiger partial charge in [-0.25, -0.2) is 9.97 Å². The highest BCUT2D eigenvalue weighted by molar-refractivity contribution is 5.68. The summed E-state index contributed by atoms with van der Waals surface area (Å²) in [5.41, 5.74) is 5.24. The lowest BCUT2D eigenvalue weighted by Crippen LogP contribution is -1.99. The van der Waals surface area contributed by atoms with E-state index in [0.717, 1.165) is 28.6 Å². The molecule has 5 nitrogen and oxygen atoms in total. The Labute approximate surface area is 152 Å². The summed E-state index contributed by atoms with van der Waals surface area (Å²) < 4.78 is 0. The van der Waals surface area contributed by atoms with Crippen LogP contribution in [-0.2, 0) is 0 Å². The average molecular weight is 341 g/mol. The van der Waals surface area contributed by atoms with Gasteiger partial charge >= 0.3 is 0 Å². The van der Waals surface area contributed by atoms with Crippen molar-refractivity contribution in [3.05, 3.63) is 78.1 Å². The first-order valence-electron chi connectivity index (χ1n) is 8.48. The van der Waals surface area contributed by atoms with Crippen LogP contribution >= 0.6 is 0 Å². The molecule has 0 aliphatic carbocycles. The van der Waals surface area contributed by atoms with Gasteiger partial charge in [-0.15, -0.1) is 0 Å². The van der Waals surface area contributed by atoms with Gasteiger partial charge in [0, 0.05) is 29.1 Å². The number of rotatable bonds is 4. The van der Waals surface area contributed by atoms with Gasteiger partial charge in [0.15, 0.2) is 11.6 Å². The van der Waals surface area contributed by atoms with Crippen LogP contribution in [0.2, 0.25) is 0 Å². The number of benzene rings is 2. The predicted octanol–water partition coefficient (Wildman–Crippen LogP) is 4.89. The monoisotopic (exact) mass is 341 g/mol. The lowest BCUT2D eigenvalue weighted by Gasteiger charge is -2.08. The molecule has 0 saturated heterocycles. The van der Waals surface area contributed by atoms with Gasteiger partial charge in [-0.3, -0.25) is 5.10 Å². The number of nitrogens with zero attached hydrogens (tertiary/aromatic N) is 3. The van der Waals surface area contributed by atoms with Gasteiger partial charge in [0.25, 0.3) is 0 Å². The normalized spacial score (nSPS) is 10.7. The van der Waals surface area contributed by atoms with Crippen molar-refractivity contribution in [3.8, 4) is 22.5 Å². The van der Waals surface area contributed by atoms with E-state index in [0.29, 0.717) is 5.82 Å². The average Bonchev–Trinajstić information content (AvgIpc) is 3.07. The number of anilines is 2. The summed E-state index contributed by atoms with van der Waals surface area (Å²) in [5.74, 6) is 2.16. The molecule has 2 aromatic carbocycles. The van der Waals surface area contributed by atoms with Gasteiger partial charge in [0.05, 0.1) is 0 Å². The molecule has 0 aliphatic rings. The minimum Gasteiger partial charge on any atom is -0.323 e. The van der Waals surface area contributed by atoms with Crippen LogP contribution in [0.5, 0.6) is 0 Å². The summed E-state index contributed by atoms with van der Waals surface area (Å²) in [6, 6.07) is 22.5. The molecule has 2 aromatic heterocycles. The van der Waals surface area contributed by atoms with Crippen molar-refractivity contribution in [2.24, 2.45) is 0 Å². The molecule has 5 heteroatoms. The Hall–Kier alpha value is -3.47. The summed E-state index contributed by atoms with van der Waals surface area (Å²) in [5, 5.41) is 10.3. The number of aromatic nitrogens is 4. The second-order valence-electron chi connectivity index (χ2n) is 6.22. The van der Waals surface area contributed by atoms with Crippen LogP contribution in [0.4, 0.5) is 11.6 Å². The molecule has 128 valence electrons. The zero-order chi connectivity index (χ0) is 17.9. The third kappa shape index (κ3) is 3.47. The lowest BCUT2D eigenvalue weighted by molar-refractivity contribution is 1.04. The summed E-state index contributed by atoms with van der Waals surface area (Å²) in [6.07, 6.45) is 0. The highest BCUT2D eigenvalue weighted by atomic mass is 15.2. The Balaban J connectivity index is 1.63. The molecule has 2 N–H and O–H groups in total. The lowest BCUT2D eigenvalue weighted by atomic mass is 10.0. The van der Waals surface area contributed by atoms with Gasteiger partial charge in [-0.1, -0.05) is 54.6 Å². The van der Waals surface area contributed by atoms with Gasteiger partial charge in [0.1, 0.15) is 5.82 Å². The molecule has 0 unspecified atom stereocenters. The second-order valence-corrected chi connectivity index (χ2v) is 6.22. The van der Waals surface area contributed by atoms with Crippen molar-refractivity contribution in [2.45, 2.75) is 13.8 Å². The van der Waals surface area contributed by atoms with Crippen LogP contribution < -0.4 is 5.32 Å². The first-order valence-corrected chi connectivity index (χ1v) is 8.48. The van der Waals surface area contributed by atoms with Crippen molar-refractivity contribution in [2.75, 3.05) is 5.32 Å². The van der Waals surface area contributed by atoms with E-state index in [1.54, 1.807) is 0 Å². The Morgan fingerprint density at radius 3 is 2.12 bits per heavy atom. The van der Waals surface area contributed by atoms with E-state index in [1.807, 2.05) is 44.2 Å². The molecular formula is C21H19N5. The number of hydrogen-bond acceptors (Lipinski definition) is 4. The molecule has 4 rings (SSSR count). The largest absolute Gasteiger partial charge is 0.323 e. The number of nitrogens with one attached hydrogen (secondary N) is 2. The first kappa shape index (κ1) is 16.0. The minimum atomic E-state index is 0.694. The van der Waals surface area contributed by atoms with Crippen LogP contribution in [0.25, 0.3) is 22.5 Å². The van der Waals surface area contributed by atoms with Crippen molar-refractivity contribution >= 4 is 11.6 Å². The van der Waals surface area contributed by atoms with E-state index in [2.05, 4.69) is 61.9 Å². The van der Waals surface area contributed by atoms with Crippen LogP contribution in [-0.4, -0.2) is 20.2 Å². The van der Waals surface area contributed by atoms with E-state index in [-0.39, 0.29) is 0 Å². The second kappa shape index (κ2) is 6.80. The third-order valence-electron chi connectivity index (χ3n) is 4.07. The van der Waals surface area contributed by atoms with Crippen molar-refractivity contribution < 1.29 is 0 Å². The fourth-order valence-electron chi connectivity index (χ4n) is 2.82. The molecule has 0 fully saturated rings. The summed E-state index contributed by atoms with van der Waals surface area (Å²) in [7, 11) is 0. The molecule has 4 aromatic rings. The van der Waals surface area contributed by atoms with Gasteiger partial charge in [-0.2, -0.15) is 5.10 Å². The number of H-pyrrole nitrogens is 1. The van der Waals surface area contributed by atoms with Gasteiger partial charge in [-0.05, 0) is 25.0 Å². The van der Waals surface area contributed by atoms with Crippen molar-refractivity contribution in [1.82, 2.24) is 20.2 Å². The number of aryl methyl sites for hydroxylation is 2. The fourth-order valence-corrected chi connectivity index (χ4v) is 2.82. The standard InChI is InChI=1S/C21H19N5/c1-14-12-19(23-20-13-15(2)25-26-20)24-21(22-14)18-10-8-17(9-11-18)16-6-4-3-5-7-16/h3-13H,1-2H3,(H2,22,23,24,25,26).